The first-order chi connectivity index (χ1) is 14.0. The van der Waals surface area contributed by atoms with Crippen molar-refractivity contribution >= 4 is 23.2 Å². The van der Waals surface area contributed by atoms with E-state index >= 15 is 0 Å². The van der Waals surface area contributed by atoms with E-state index < -0.39 is 0 Å². The number of nitrogens with one attached hydrogen (secondary N) is 2. The van der Waals surface area contributed by atoms with Crippen LogP contribution in [0.1, 0.15) is 19.1 Å². The number of ether oxygens (including phenoxy) is 1. The Morgan fingerprint density at radius 3 is 2.59 bits per heavy atom. The van der Waals surface area contributed by atoms with Crippen LogP contribution < -0.4 is 15.4 Å². The number of carbonyl (C=O) groups excluding carboxylic acids is 2. The van der Waals surface area contributed by atoms with Gasteiger partial charge in [-0.05, 0) is 42.5 Å². The van der Waals surface area contributed by atoms with Gasteiger partial charge in [-0.25, -0.2) is 4.39 Å². The van der Waals surface area contributed by atoms with Crippen LogP contribution >= 0.6 is 0 Å². The molecular formula is C22H21FN2O4. The summed E-state index contributed by atoms with van der Waals surface area (Å²) in [7, 11) is 1.50. The van der Waals surface area contributed by atoms with Gasteiger partial charge in [0.25, 0.3) is 0 Å². The number of anilines is 2. The minimum Gasteiger partial charge on any atom is -0.495 e. The summed E-state index contributed by atoms with van der Waals surface area (Å²) in [6.07, 6.45) is 0.520. The first-order valence-electron chi connectivity index (χ1n) is 9.05. The Morgan fingerprint density at radius 1 is 1.07 bits per heavy atom. The number of hydrogen-bond acceptors (Lipinski definition) is 4. The van der Waals surface area contributed by atoms with Crippen LogP contribution in [0.3, 0.4) is 0 Å². The van der Waals surface area contributed by atoms with Gasteiger partial charge in [-0.1, -0.05) is 12.1 Å². The van der Waals surface area contributed by atoms with Gasteiger partial charge in [-0.15, -0.1) is 0 Å². The molecule has 7 heteroatoms. The largest absolute Gasteiger partial charge is 0.495 e. The van der Waals surface area contributed by atoms with E-state index in [9.17, 15) is 14.0 Å². The Labute approximate surface area is 167 Å². The molecule has 1 aromatic heterocycles. The quantitative estimate of drug-likeness (QED) is 0.610. The van der Waals surface area contributed by atoms with Gasteiger partial charge in [0.05, 0.1) is 18.4 Å². The minimum atomic E-state index is -0.364. The van der Waals surface area contributed by atoms with E-state index in [-0.39, 0.29) is 24.1 Å². The Balaban J connectivity index is 1.63. The monoisotopic (exact) mass is 396 g/mol. The molecule has 3 aromatic rings. The van der Waals surface area contributed by atoms with Crippen molar-refractivity contribution in [2.75, 3.05) is 17.7 Å². The first kappa shape index (κ1) is 20.1. The van der Waals surface area contributed by atoms with Crippen LogP contribution in [0.5, 0.6) is 5.75 Å². The molecule has 150 valence electrons. The fraction of sp³-hybridized carbons (Fsp3) is 0.182. The molecule has 0 aliphatic rings. The van der Waals surface area contributed by atoms with Gasteiger partial charge >= 0.3 is 0 Å². The van der Waals surface area contributed by atoms with Gasteiger partial charge in [0, 0.05) is 25.5 Å². The molecule has 6 nitrogen and oxygen atoms in total. The van der Waals surface area contributed by atoms with Crippen molar-refractivity contribution in [2.24, 2.45) is 0 Å². The SMILES string of the molecule is COc1ccc(NC(C)=O)cc1NC(=O)CCc1ccc(-c2ccccc2F)o1. The zero-order chi connectivity index (χ0) is 20.8. The van der Waals surface area contributed by atoms with Gasteiger partial charge in [-0.2, -0.15) is 0 Å². The number of carbonyl (C=O) groups is 2. The molecule has 0 aliphatic heterocycles. The van der Waals surface area contributed by atoms with Gasteiger partial charge in [0.15, 0.2) is 0 Å². The second-order valence-electron chi connectivity index (χ2n) is 6.39. The highest BCUT2D eigenvalue weighted by molar-refractivity contribution is 5.95. The molecule has 0 radical (unpaired) electrons. The zero-order valence-corrected chi connectivity index (χ0v) is 16.1. The number of amides is 2. The maximum atomic E-state index is 13.9. The molecule has 2 amide bonds. The molecule has 0 fully saturated rings. The lowest BCUT2D eigenvalue weighted by Gasteiger charge is -2.12. The molecular weight excluding hydrogens is 375 g/mol. The molecule has 0 spiro atoms. The summed E-state index contributed by atoms with van der Waals surface area (Å²) in [6.45, 7) is 1.40. The van der Waals surface area contributed by atoms with Gasteiger partial charge in [0.1, 0.15) is 23.1 Å². The fourth-order valence-corrected chi connectivity index (χ4v) is 2.85. The van der Waals surface area contributed by atoms with E-state index in [4.69, 9.17) is 9.15 Å². The van der Waals surface area contributed by atoms with Gasteiger partial charge < -0.3 is 19.8 Å². The molecule has 0 saturated carbocycles. The highest BCUT2D eigenvalue weighted by Gasteiger charge is 2.12. The Hall–Kier alpha value is -3.61. The summed E-state index contributed by atoms with van der Waals surface area (Å²) in [5.41, 5.74) is 1.38. The highest BCUT2D eigenvalue weighted by atomic mass is 19.1. The molecule has 0 saturated heterocycles. The third kappa shape index (κ3) is 5.22. The Morgan fingerprint density at radius 2 is 1.86 bits per heavy atom. The lowest BCUT2D eigenvalue weighted by Crippen LogP contribution is -2.13. The van der Waals surface area contributed by atoms with Crippen LogP contribution in [0.25, 0.3) is 11.3 Å². The Bertz CT molecular complexity index is 1030. The molecule has 0 bridgehead atoms. The Kier molecular flexibility index (Phi) is 6.29. The smallest absolute Gasteiger partial charge is 0.224 e. The van der Waals surface area contributed by atoms with E-state index in [0.29, 0.717) is 40.6 Å². The molecule has 0 atom stereocenters. The normalized spacial score (nSPS) is 10.4. The van der Waals surface area contributed by atoms with E-state index in [1.54, 1.807) is 48.5 Å². The predicted molar refractivity (Wildman–Crippen MR) is 108 cm³/mol. The van der Waals surface area contributed by atoms with Crippen LogP contribution in [0.2, 0.25) is 0 Å². The van der Waals surface area contributed by atoms with Crippen LogP contribution in [0, 0.1) is 5.82 Å². The van der Waals surface area contributed by atoms with Crippen LogP contribution in [0.15, 0.2) is 59.0 Å². The summed E-state index contributed by atoms with van der Waals surface area (Å²) in [5.74, 6) is 0.660. The average molecular weight is 396 g/mol. The number of methoxy groups -OCH3 is 1. The second kappa shape index (κ2) is 9.05. The topological polar surface area (TPSA) is 80.6 Å². The maximum Gasteiger partial charge on any atom is 0.224 e. The van der Waals surface area contributed by atoms with Crippen molar-refractivity contribution < 1.29 is 23.1 Å². The summed E-state index contributed by atoms with van der Waals surface area (Å²) in [6, 6.07) is 14.7. The molecule has 2 N–H and O–H groups in total. The lowest BCUT2D eigenvalue weighted by atomic mass is 10.1. The van der Waals surface area contributed by atoms with Crippen molar-refractivity contribution in [1.29, 1.82) is 0 Å². The molecule has 1 heterocycles. The van der Waals surface area contributed by atoms with Crippen molar-refractivity contribution in [3.63, 3.8) is 0 Å². The first-order valence-corrected chi connectivity index (χ1v) is 9.05. The number of rotatable bonds is 7. The lowest BCUT2D eigenvalue weighted by molar-refractivity contribution is -0.116. The van der Waals surface area contributed by atoms with Crippen molar-refractivity contribution in [3.8, 4) is 17.1 Å². The number of halogens is 1. The third-order valence-electron chi connectivity index (χ3n) is 4.19. The van der Waals surface area contributed by atoms with Crippen LogP contribution in [-0.4, -0.2) is 18.9 Å². The average Bonchev–Trinajstić information content (AvgIpc) is 3.15. The second-order valence-corrected chi connectivity index (χ2v) is 6.39. The van der Waals surface area contributed by atoms with Crippen molar-refractivity contribution in [1.82, 2.24) is 0 Å². The summed E-state index contributed by atoms with van der Waals surface area (Å²) in [4.78, 5) is 23.6. The predicted octanol–water partition coefficient (Wildman–Crippen LogP) is 4.62. The van der Waals surface area contributed by atoms with Crippen LogP contribution in [-0.2, 0) is 16.0 Å². The number of hydrogen-bond donors (Lipinski definition) is 2. The minimum absolute atomic E-state index is 0.164. The fourth-order valence-electron chi connectivity index (χ4n) is 2.85. The number of benzene rings is 2. The molecule has 0 aliphatic carbocycles. The zero-order valence-electron chi connectivity index (χ0n) is 16.1. The van der Waals surface area contributed by atoms with Gasteiger partial charge in [-0.3, -0.25) is 9.59 Å². The number of furan rings is 1. The van der Waals surface area contributed by atoms with Crippen molar-refractivity contribution in [2.45, 2.75) is 19.8 Å². The van der Waals surface area contributed by atoms with E-state index in [1.165, 1.54) is 20.1 Å². The van der Waals surface area contributed by atoms with E-state index in [1.807, 2.05) is 0 Å². The maximum absolute atomic E-state index is 13.9. The van der Waals surface area contributed by atoms with Gasteiger partial charge in [0.2, 0.25) is 11.8 Å². The van der Waals surface area contributed by atoms with E-state index in [0.717, 1.165) is 0 Å². The number of aryl methyl sites for hydroxylation is 1. The molecule has 2 aromatic carbocycles. The third-order valence-corrected chi connectivity index (χ3v) is 4.19. The van der Waals surface area contributed by atoms with E-state index in [2.05, 4.69) is 10.6 Å². The summed E-state index contributed by atoms with van der Waals surface area (Å²) in [5, 5.41) is 5.44. The van der Waals surface area contributed by atoms with Crippen molar-refractivity contribution in [3.05, 3.63) is 66.2 Å². The molecule has 29 heavy (non-hydrogen) atoms. The standard InChI is InChI=1S/C22H21FN2O4/c1-14(26)24-15-7-10-21(28-2)19(13-15)25-22(27)12-9-16-8-11-20(29-16)17-5-3-4-6-18(17)23/h3-8,10-11,13H,9,12H2,1-2H3,(H,24,26)(H,25,27). The molecule has 3 rings (SSSR count). The summed E-state index contributed by atoms with van der Waals surface area (Å²) >= 11 is 0. The highest BCUT2D eigenvalue weighted by Crippen LogP contribution is 2.28. The molecule has 0 unspecified atom stereocenters. The summed E-state index contributed by atoms with van der Waals surface area (Å²) < 4.78 is 24.8. The van der Waals surface area contributed by atoms with Crippen LogP contribution in [0.4, 0.5) is 15.8 Å².